The van der Waals surface area contributed by atoms with Gasteiger partial charge in [0.15, 0.2) is 0 Å². The van der Waals surface area contributed by atoms with Crippen LogP contribution < -0.4 is 5.32 Å². The van der Waals surface area contributed by atoms with Crippen molar-refractivity contribution in [2.75, 3.05) is 26.1 Å². The smallest absolute Gasteiger partial charge is 0.200 e. The van der Waals surface area contributed by atoms with Crippen LogP contribution in [0.15, 0.2) is 6.07 Å². The van der Waals surface area contributed by atoms with E-state index in [0.29, 0.717) is 0 Å². The highest BCUT2D eigenvalue weighted by molar-refractivity contribution is 5.51. The molecule has 1 N–H and O–H groups in total. The summed E-state index contributed by atoms with van der Waals surface area (Å²) >= 11 is 0. The van der Waals surface area contributed by atoms with Crippen LogP contribution >= 0.6 is 0 Å². The van der Waals surface area contributed by atoms with Crippen molar-refractivity contribution in [1.82, 2.24) is 4.98 Å². The van der Waals surface area contributed by atoms with E-state index >= 15 is 0 Å². The number of nitrogens with zero attached hydrogens (tertiary/aromatic N) is 1. The van der Waals surface area contributed by atoms with E-state index in [-0.39, 0.29) is 6.29 Å². The molecule has 88 valence electrons. The van der Waals surface area contributed by atoms with E-state index in [4.69, 9.17) is 9.47 Å². The third kappa shape index (κ3) is 2.03. The summed E-state index contributed by atoms with van der Waals surface area (Å²) in [6.07, 6.45) is 1.89. The third-order valence-corrected chi connectivity index (χ3v) is 2.93. The highest BCUT2D eigenvalue weighted by Crippen LogP contribution is 2.27. The molecule has 0 unspecified atom stereocenters. The lowest BCUT2D eigenvalue weighted by atomic mass is 10.0. The lowest BCUT2D eigenvalue weighted by molar-refractivity contribution is -0.108. The van der Waals surface area contributed by atoms with Gasteiger partial charge in [-0.05, 0) is 37.0 Å². The van der Waals surface area contributed by atoms with Crippen molar-refractivity contribution in [3.8, 4) is 0 Å². The van der Waals surface area contributed by atoms with E-state index in [1.807, 2.05) is 6.07 Å². The molecule has 0 saturated carbocycles. The van der Waals surface area contributed by atoms with Gasteiger partial charge in [-0.15, -0.1) is 0 Å². The maximum Gasteiger partial charge on any atom is 0.200 e. The number of aromatic nitrogens is 1. The quantitative estimate of drug-likeness (QED) is 0.795. The lowest BCUT2D eigenvalue weighted by Gasteiger charge is -2.22. The maximum atomic E-state index is 5.22. The minimum atomic E-state index is -0.382. The number of hydrogen-bond donors (Lipinski definition) is 1. The van der Waals surface area contributed by atoms with E-state index in [1.54, 1.807) is 14.2 Å². The summed E-state index contributed by atoms with van der Waals surface area (Å²) < 4.78 is 10.4. The lowest BCUT2D eigenvalue weighted by Crippen LogP contribution is -2.17. The average molecular weight is 222 g/mol. The van der Waals surface area contributed by atoms with Crippen molar-refractivity contribution in [3.63, 3.8) is 0 Å². The second-order valence-corrected chi connectivity index (χ2v) is 4.02. The molecule has 0 atom stereocenters. The first kappa shape index (κ1) is 11.4. The van der Waals surface area contributed by atoms with Crippen LogP contribution in [0.4, 0.5) is 5.82 Å². The molecule has 0 amide bonds. The van der Waals surface area contributed by atoms with Gasteiger partial charge in [0.25, 0.3) is 0 Å². The minimum absolute atomic E-state index is 0.382. The van der Waals surface area contributed by atoms with E-state index in [1.165, 1.54) is 17.5 Å². The Morgan fingerprint density at radius 1 is 1.38 bits per heavy atom. The van der Waals surface area contributed by atoms with E-state index in [0.717, 1.165) is 24.5 Å². The number of fused-ring (bicyclic) bond motifs is 1. The number of nitrogens with one attached hydrogen (secondary N) is 1. The van der Waals surface area contributed by atoms with Gasteiger partial charge in [0.05, 0.1) is 5.69 Å². The molecule has 2 rings (SSSR count). The van der Waals surface area contributed by atoms with Gasteiger partial charge >= 0.3 is 0 Å². The monoisotopic (exact) mass is 222 g/mol. The van der Waals surface area contributed by atoms with Crippen LogP contribution in [0.3, 0.4) is 0 Å². The van der Waals surface area contributed by atoms with Crippen LogP contribution in [0, 0.1) is 6.92 Å². The topological polar surface area (TPSA) is 43.4 Å². The van der Waals surface area contributed by atoms with Crippen molar-refractivity contribution in [2.24, 2.45) is 0 Å². The predicted octanol–water partition coefficient (Wildman–Crippen LogP) is 2.04. The number of anilines is 1. The number of aryl methyl sites for hydroxylation is 1. The Labute approximate surface area is 96.0 Å². The van der Waals surface area contributed by atoms with Crippen LogP contribution in [0.1, 0.15) is 29.5 Å². The molecule has 0 saturated heterocycles. The third-order valence-electron chi connectivity index (χ3n) is 2.93. The summed E-state index contributed by atoms with van der Waals surface area (Å²) in [5.74, 6) is 0.986. The van der Waals surface area contributed by atoms with Crippen LogP contribution in [-0.4, -0.2) is 25.7 Å². The molecule has 0 spiro atoms. The van der Waals surface area contributed by atoms with Crippen LogP contribution in [0.25, 0.3) is 0 Å². The van der Waals surface area contributed by atoms with Gasteiger partial charge in [-0.25, -0.2) is 4.98 Å². The molecule has 0 bridgehead atoms. The summed E-state index contributed by atoms with van der Waals surface area (Å²) in [7, 11) is 3.25. The number of pyridine rings is 1. The summed E-state index contributed by atoms with van der Waals surface area (Å²) in [5, 5.41) is 3.32. The van der Waals surface area contributed by atoms with Gasteiger partial charge in [-0.1, -0.05) is 0 Å². The predicted molar refractivity (Wildman–Crippen MR) is 62.5 cm³/mol. The van der Waals surface area contributed by atoms with Gasteiger partial charge < -0.3 is 14.8 Å². The zero-order chi connectivity index (χ0) is 11.5. The van der Waals surface area contributed by atoms with Crippen molar-refractivity contribution in [2.45, 2.75) is 26.1 Å². The number of methoxy groups -OCH3 is 2. The molecule has 0 fully saturated rings. The highest BCUT2D eigenvalue weighted by atomic mass is 16.7. The summed E-state index contributed by atoms with van der Waals surface area (Å²) in [5.41, 5.74) is 3.41. The van der Waals surface area contributed by atoms with Crippen molar-refractivity contribution in [3.05, 3.63) is 22.9 Å². The largest absolute Gasteiger partial charge is 0.370 e. The summed E-state index contributed by atoms with van der Waals surface area (Å²) in [6.45, 7) is 3.10. The number of ether oxygens (including phenoxy) is 2. The van der Waals surface area contributed by atoms with Gasteiger partial charge in [-0.2, -0.15) is 0 Å². The molecule has 1 aromatic heterocycles. The van der Waals surface area contributed by atoms with Crippen LogP contribution in [0.5, 0.6) is 0 Å². The minimum Gasteiger partial charge on any atom is -0.370 e. The molecule has 0 aliphatic carbocycles. The Kier molecular flexibility index (Phi) is 3.41. The fourth-order valence-electron chi connectivity index (χ4n) is 2.12. The molecule has 1 aromatic rings. The Balaban J connectivity index is 2.38. The summed E-state index contributed by atoms with van der Waals surface area (Å²) in [4.78, 5) is 4.56. The molecule has 1 aliphatic heterocycles. The second kappa shape index (κ2) is 4.80. The van der Waals surface area contributed by atoms with Crippen molar-refractivity contribution >= 4 is 5.82 Å². The highest BCUT2D eigenvalue weighted by Gasteiger charge is 2.18. The normalized spacial score (nSPS) is 14.8. The molecular formula is C12H18N2O2. The number of hydrogen-bond acceptors (Lipinski definition) is 4. The van der Waals surface area contributed by atoms with Gasteiger partial charge in [0.1, 0.15) is 5.82 Å². The Hall–Kier alpha value is -1.13. The standard InChI is InChI=1S/C12H18N2O2/c1-8-7-10(12(15-2)16-3)14-11-9(8)5-4-6-13-11/h7,12H,4-6H2,1-3H3,(H,13,14). The van der Waals surface area contributed by atoms with Crippen molar-refractivity contribution in [1.29, 1.82) is 0 Å². The summed E-state index contributed by atoms with van der Waals surface area (Å²) in [6, 6.07) is 2.05. The van der Waals surface area contributed by atoms with E-state index < -0.39 is 0 Å². The van der Waals surface area contributed by atoms with Crippen LogP contribution in [0.2, 0.25) is 0 Å². The molecule has 2 heterocycles. The maximum absolute atomic E-state index is 5.22. The SMILES string of the molecule is COC(OC)c1cc(C)c2c(n1)NCCC2. The van der Waals surface area contributed by atoms with Crippen molar-refractivity contribution < 1.29 is 9.47 Å². The fourth-order valence-corrected chi connectivity index (χ4v) is 2.12. The molecule has 0 radical (unpaired) electrons. The fraction of sp³-hybridized carbons (Fsp3) is 0.583. The second-order valence-electron chi connectivity index (χ2n) is 4.02. The molecule has 4 heteroatoms. The first-order valence-electron chi connectivity index (χ1n) is 5.56. The van der Waals surface area contributed by atoms with Gasteiger partial charge in [-0.3, -0.25) is 0 Å². The first-order chi connectivity index (χ1) is 7.76. The van der Waals surface area contributed by atoms with Gasteiger partial charge in [0, 0.05) is 20.8 Å². The molecule has 4 nitrogen and oxygen atoms in total. The van der Waals surface area contributed by atoms with Crippen LogP contribution in [-0.2, 0) is 15.9 Å². The zero-order valence-electron chi connectivity index (χ0n) is 10.0. The zero-order valence-corrected chi connectivity index (χ0v) is 10.0. The Morgan fingerprint density at radius 2 is 2.12 bits per heavy atom. The van der Waals surface area contributed by atoms with E-state index in [2.05, 4.69) is 17.2 Å². The van der Waals surface area contributed by atoms with E-state index in [9.17, 15) is 0 Å². The molecule has 16 heavy (non-hydrogen) atoms. The molecule has 1 aliphatic rings. The Bertz CT molecular complexity index is 376. The van der Waals surface area contributed by atoms with Gasteiger partial charge in [0.2, 0.25) is 6.29 Å². The molecule has 0 aromatic carbocycles. The number of rotatable bonds is 3. The Morgan fingerprint density at radius 3 is 2.81 bits per heavy atom. The molecular weight excluding hydrogens is 204 g/mol. The first-order valence-corrected chi connectivity index (χ1v) is 5.56. The average Bonchev–Trinajstić information content (AvgIpc) is 2.31.